The van der Waals surface area contributed by atoms with Crippen molar-refractivity contribution in [3.63, 3.8) is 0 Å². The molecule has 0 atom stereocenters. The average Bonchev–Trinajstić information content (AvgIpc) is 2.51. The number of anilines is 1. The van der Waals surface area contributed by atoms with Crippen LogP contribution in [0.2, 0.25) is 0 Å². The van der Waals surface area contributed by atoms with Crippen LogP contribution in [0.1, 0.15) is 50.8 Å². The van der Waals surface area contributed by atoms with E-state index < -0.39 is 0 Å². The molecule has 1 heterocycles. The number of hydrogen-bond acceptors (Lipinski definition) is 2. The molecule has 0 unspecified atom stereocenters. The summed E-state index contributed by atoms with van der Waals surface area (Å²) >= 11 is 0. The van der Waals surface area contributed by atoms with Gasteiger partial charge in [-0.05, 0) is 19.3 Å². The maximum absolute atomic E-state index is 5.79. The third-order valence-electron chi connectivity index (χ3n) is 2.52. The van der Waals surface area contributed by atoms with Gasteiger partial charge in [-0.25, -0.2) is 0 Å². The SMILES string of the molecule is CCCCCc1[nH]nc(N)c1CCC. The topological polar surface area (TPSA) is 54.7 Å². The highest BCUT2D eigenvalue weighted by atomic mass is 15.2. The van der Waals surface area contributed by atoms with Crippen molar-refractivity contribution in [2.45, 2.75) is 52.4 Å². The molecule has 0 radical (unpaired) electrons. The van der Waals surface area contributed by atoms with E-state index in [1.54, 1.807) is 0 Å². The van der Waals surface area contributed by atoms with Crippen LogP contribution >= 0.6 is 0 Å². The van der Waals surface area contributed by atoms with Crippen molar-refractivity contribution in [1.29, 1.82) is 0 Å². The zero-order chi connectivity index (χ0) is 10.4. The van der Waals surface area contributed by atoms with Crippen molar-refractivity contribution in [2.24, 2.45) is 0 Å². The number of rotatable bonds is 6. The minimum Gasteiger partial charge on any atom is -0.382 e. The van der Waals surface area contributed by atoms with Crippen LogP contribution in [0.4, 0.5) is 5.82 Å². The first kappa shape index (κ1) is 11.1. The van der Waals surface area contributed by atoms with Crippen LogP contribution in [0.15, 0.2) is 0 Å². The van der Waals surface area contributed by atoms with Crippen LogP contribution in [-0.2, 0) is 12.8 Å². The van der Waals surface area contributed by atoms with E-state index >= 15 is 0 Å². The standard InChI is InChI=1S/C11H21N3/c1-3-5-6-8-10-9(7-4-2)11(12)14-13-10/h3-8H2,1-2H3,(H3,12,13,14). The van der Waals surface area contributed by atoms with E-state index in [0.29, 0.717) is 5.82 Å². The van der Waals surface area contributed by atoms with E-state index in [4.69, 9.17) is 5.73 Å². The van der Waals surface area contributed by atoms with E-state index in [9.17, 15) is 0 Å². The Kier molecular flexibility index (Phi) is 4.50. The van der Waals surface area contributed by atoms with Gasteiger partial charge in [0.25, 0.3) is 0 Å². The van der Waals surface area contributed by atoms with Crippen LogP contribution in [-0.4, -0.2) is 10.2 Å². The zero-order valence-electron chi connectivity index (χ0n) is 9.27. The summed E-state index contributed by atoms with van der Waals surface area (Å²) < 4.78 is 0. The Morgan fingerprint density at radius 3 is 2.57 bits per heavy atom. The predicted molar refractivity (Wildman–Crippen MR) is 60.2 cm³/mol. The van der Waals surface area contributed by atoms with Gasteiger partial charge in [-0.15, -0.1) is 0 Å². The number of nitrogens with one attached hydrogen (secondary N) is 1. The number of nitrogen functional groups attached to an aromatic ring is 1. The molecule has 0 saturated heterocycles. The van der Waals surface area contributed by atoms with Crippen LogP contribution < -0.4 is 5.73 Å². The van der Waals surface area contributed by atoms with Gasteiger partial charge in [0.2, 0.25) is 0 Å². The monoisotopic (exact) mass is 195 g/mol. The van der Waals surface area contributed by atoms with Gasteiger partial charge < -0.3 is 5.73 Å². The van der Waals surface area contributed by atoms with E-state index in [0.717, 1.165) is 19.3 Å². The maximum Gasteiger partial charge on any atom is 0.148 e. The first-order valence-electron chi connectivity index (χ1n) is 5.61. The van der Waals surface area contributed by atoms with Crippen LogP contribution in [0, 0.1) is 0 Å². The second-order valence-electron chi connectivity index (χ2n) is 3.77. The summed E-state index contributed by atoms with van der Waals surface area (Å²) in [7, 11) is 0. The summed E-state index contributed by atoms with van der Waals surface area (Å²) in [6.07, 6.45) is 7.04. The van der Waals surface area contributed by atoms with Gasteiger partial charge in [-0.2, -0.15) is 5.10 Å². The molecular weight excluding hydrogens is 174 g/mol. The quantitative estimate of drug-likeness (QED) is 0.686. The molecule has 0 amide bonds. The smallest absolute Gasteiger partial charge is 0.148 e. The fraction of sp³-hybridized carbons (Fsp3) is 0.727. The first-order chi connectivity index (χ1) is 6.79. The molecule has 1 aromatic heterocycles. The second-order valence-corrected chi connectivity index (χ2v) is 3.77. The highest BCUT2D eigenvalue weighted by Crippen LogP contribution is 2.17. The Labute approximate surface area is 86.1 Å². The summed E-state index contributed by atoms with van der Waals surface area (Å²) in [5.41, 5.74) is 8.28. The van der Waals surface area contributed by atoms with Gasteiger partial charge in [-0.1, -0.05) is 33.1 Å². The molecule has 0 spiro atoms. The predicted octanol–water partition coefficient (Wildman–Crippen LogP) is 2.68. The molecule has 14 heavy (non-hydrogen) atoms. The Bertz CT molecular complexity index is 265. The van der Waals surface area contributed by atoms with E-state index in [1.165, 1.54) is 30.5 Å². The minimum atomic E-state index is 0.693. The van der Waals surface area contributed by atoms with Crippen molar-refractivity contribution < 1.29 is 0 Å². The summed E-state index contributed by atoms with van der Waals surface area (Å²) in [5.74, 6) is 0.693. The molecule has 0 fully saturated rings. The number of aromatic nitrogens is 2. The number of nitrogens with two attached hydrogens (primary N) is 1. The fourth-order valence-electron chi connectivity index (χ4n) is 1.70. The molecule has 1 rings (SSSR count). The van der Waals surface area contributed by atoms with Crippen LogP contribution in [0.3, 0.4) is 0 Å². The van der Waals surface area contributed by atoms with E-state index in [1.807, 2.05) is 0 Å². The van der Waals surface area contributed by atoms with Crippen molar-refractivity contribution >= 4 is 5.82 Å². The second kappa shape index (κ2) is 5.68. The first-order valence-corrected chi connectivity index (χ1v) is 5.61. The van der Waals surface area contributed by atoms with E-state index in [-0.39, 0.29) is 0 Å². The van der Waals surface area contributed by atoms with Crippen molar-refractivity contribution in [3.05, 3.63) is 11.3 Å². The highest BCUT2D eigenvalue weighted by Gasteiger charge is 2.08. The Balaban J connectivity index is 2.56. The molecule has 0 aliphatic rings. The number of nitrogens with zero attached hydrogens (tertiary/aromatic N) is 1. The molecule has 3 heteroatoms. The number of hydrogen-bond donors (Lipinski definition) is 2. The third kappa shape index (κ3) is 2.76. The molecule has 3 N–H and O–H groups in total. The molecule has 1 aromatic rings. The molecular formula is C11H21N3. The molecule has 0 aromatic carbocycles. The molecule has 0 aliphatic carbocycles. The summed E-state index contributed by atoms with van der Waals surface area (Å²) in [5, 5.41) is 7.11. The summed E-state index contributed by atoms with van der Waals surface area (Å²) in [6.45, 7) is 4.39. The zero-order valence-corrected chi connectivity index (χ0v) is 9.27. The van der Waals surface area contributed by atoms with Crippen molar-refractivity contribution in [2.75, 3.05) is 5.73 Å². The molecule has 0 saturated carbocycles. The van der Waals surface area contributed by atoms with Gasteiger partial charge in [0.1, 0.15) is 5.82 Å². The Morgan fingerprint density at radius 1 is 1.14 bits per heavy atom. The van der Waals surface area contributed by atoms with Gasteiger partial charge in [0.15, 0.2) is 0 Å². The van der Waals surface area contributed by atoms with Crippen molar-refractivity contribution in [1.82, 2.24) is 10.2 Å². The Hall–Kier alpha value is -0.990. The minimum absolute atomic E-state index is 0.693. The Morgan fingerprint density at radius 2 is 1.93 bits per heavy atom. The average molecular weight is 195 g/mol. The van der Waals surface area contributed by atoms with Crippen LogP contribution in [0.25, 0.3) is 0 Å². The van der Waals surface area contributed by atoms with Crippen molar-refractivity contribution in [3.8, 4) is 0 Å². The number of H-pyrrole nitrogens is 1. The maximum atomic E-state index is 5.79. The van der Waals surface area contributed by atoms with Gasteiger partial charge in [0, 0.05) is 11.3 Å². The molecule has 0 bridgehead atoms. The summed E-state index contributed by atoms with van der Waals surface area (Å²) in [6, 6.07) is 0. The molecule has 3 nitrogen and oxygen atoms in total. The third-order valence-corrected chi connectivity index (χ3v) is 2.52. The highest BCUT2D eigenvalue weighted by molar-refractivity contribution is 5.42. The van der Waals surface area contributed by atoms with E-state index in [2.05, 4.69) is 24.0 Å². The lowest BCUT2D eigenvalue weighted by Gasteiger charge is -2.01. The van der Waals surface area contributed by atoms with Gasteiger partial charge in [0.05, 0.1) is 0 Å². The van der Waals surface area contributed by atoms with Gasteiger partial charge in [-0.3, -0.25) is 5.10 Å². The normalized spacial score (nSPS) is 10.7. The lowest BCUT2D eigenvalue weighted by Crippen LogP contribution is -1.95. The number of unbranched alkanes of at least 4 members (excludes halogenated alkanes) is 2. The lowest BCUT2D eigenvalue weighted by molar-refractivity contribution is 0.700. The van der Waals surface area contributed by atoms with Gasteiger partial charge >= 0.3 is 0 Å². The molecule has 80 valence electrons. The fourth-order valence-corrected chi connectivity index (χ4v) is 1.70. The number of aromatic amines is 1. The molecule has 0 aliphatic heterocycles. The lowest BCUT2D eigenvalue weighted by atomic mass is 10.1. The van der Waals surface area contributed by atoms with Crippen LogP contribution in [0.5, 0.6) is 0 Å². The largest absolute Gasteiger partial charge is 0.382 e. The number of aryl methyl sites for hydroxylation is 1. The summed E-state index contributed by atoms with van der Waals surface area (Å²) in [4.78, 5) is 0.